The summed E-state index contributed by atoms with van der Waals surface area (Å²) >= 11 is 16.2. The van der Waals surface area contributed by atoms with Crippen molar-refractivity contribution < 1.29 is 4.79 Å². The third kappa shape index (κ3) is 2.32. The van der Waals surface area contributed by atoms with Crippen LogP contribution >= 0.6 is 34.8 Å². The monoisotopic (exact) mass is 187 g/mol. The van der Waals surface area contributed by atoms with Gasteiger partial charge in [-0.3, -0.25) is 4.79 Å². The predicted octanol–water partition coefficient (Wildman–Crippen LogP) is 2.49. The van der Waals surface area contributed by atoms with Gasteiger partial charge in [-0.2, -0.15) is 0 Å². The highest BCUT2D eigenvalue weighted by Crippen LogP contribution is 2.42. The molecule has 0 N–H and O–H groups in total. The molecule has 53 valence electrons. The molecule has 1 radical (unpaired) electrons. The van der Waals surface area contributed by atoms with Crippen LogP contribution in [0, 0.1) is 5.41 Å². The van der Waals surface area contributed by atoms with E-state index in [1.165, 1.54) is 13.8 Å². The van der Waals surface area contributed by atoms with Crippen LogP contribution in [0.2, 0.25) is 0 Å². The molecule has 0 rings (SSSR count). The summed E-state index contributed by atoms with van der Waals surface area (Å²) in [6.45, 7) is 3.01. The van der Waals surface area contributed by atoms with E-state index in [4.69, 9.17) is 34.8 Å². The fraction of sp³-hybridized carbons (Fsp3) is 0.800. The van der Waals surface area contributed by atoms with Crippen molar-refractivity contribution in [2.24, 2.45) is 5.41 Å². The molecular weight excluding hydrogens is 182 g/mol. The zero-order chi connectivity index (χ0) is 7.71. The molecule has 0 aliphatic carbocycles. The molecule has 0 aliphatic rings. The summed E-state index contributed by atoms with van der Waals surface area (Å²) in [5.74, 6) is 0. The Bertz CT molecular complexity index is 114. The van der Waals surface area contributed by atoms with Gasteiger partial charge in [0.05, 0.1) is 5.41 Å². The third-order valence-electron chi connectivity index (χ3n) is 0.964. The summed E-state index contributed by atoms with van der Waals surface area (Å²) < 4.78 is -1.56. The van der Waals surface area contributed by atoms with Crippen molar-refractivity contribution in [2.75, 3.05) is 0 Å². The van der Waals surface area contributed by atoms with Gasteiger partial charge in [-0.15, -0.1) is 0 Å². The second-order valence-corrected chi connectivity index (χ2v) is 4.51. The molecule has 0 bridgehead atoms. The Morgan fingerprint density at radius 2 is 1.56 bits per heavy atom. The molecule has 0 unspecified atom stereocenters. The predicted molar refractivity (Wildman–Crippen MR) is 39.8 cm³/mol. The minimum atomic E-state index is -1.56. The second-order valence-electron chi connectivity index (χ2n) is 2.22. The normalized spacial score (nSPS) is 13.4. The van der Waals surface area contributed by atoms with Crippen molar-refractivity contribution in [1.29, 1.82) is 0 Å². The highest BCUT2D eigenvalue weighted by atomic mass is 35.6. The Morgan fingerprint density at radius 1 is 1.22 bits per heavy atom. The number of halogens is 3. The first-order chi connectivity index (χ1) is 3.81. The van der Waals surface area contributed by atoms with Crippen LogP contribution in [0.25, 0.3) is 0 Å². The van der Waals surface area contributed by atoms with Crippen molar-refractivity contribution in [1.82, 2.24) is 0 Å². The van der Waals surface area contributed by atoms with Crippen LogP contribution in [0.5, 0.6) is 0 Å². The average Bonchev–Trinajstić information content (AvgIpc) is 1.64. The highest BCUT2D eigenvalue weighted by molar-refractivity contribution is 6.68. The molecule has 0 heterocycles. The minimum absolute atomic E-state index is 1.03. The van der Waals surface area contributed by atoms with Crippen LogP contribution in [-0.4, -0.2) is 10.1 Å². The van der Waals surface area contributed by atoms with E-state index in [-0.39, 0.29) is 0 Å². The van der Waals surface area contributed by atoms with Crippen molar-refractivity contribution in [2.45, 2.75) is 17.6 Å². The zero-order valence-corrected chi connectivity index (χ0v) is 7.31. The molecule has 0 saturated heterocycles. The van der Waals surface area contributed by atoms with Gasteiger partial charge in [-0.05, 0) is 13.8 Å². The summed E-state index contributed by atoms with van der Waals surface area (Å²) in [5, 5.41) is 0. The van der Waals surface area contributed by atoms with Crippen LogP contribution in [0.15, 0.2) is 0 Å². The number of rotatable bonds is 1. The van der Waals surface area contributed by atoms with Crippen LogP contribution in [-0.2, 0) is 4.79 Å². The summed E-state index contributed by atoms with van der Waals surface area (Å²) in [6.07, 6.45) is 1.64. The fourth-order valence-electron chi connectivity index (χ4n) is 0.0579. The molecule has 0 atom stereocenters. The SMILES string of the molecule is CC(C)([C]=O)C(Cl)(Cl)Cl. The quantitative estimate of drug-likeness (QED) is 0.578. The maximum Gasteiger partial charge on any atom is 0.208 e. The molecule has 0 aliphatic heterocycles. The Balaban J connectivity index is 4.32. The van der Waals surface area contributed by atoms with Crippen molar-refractivity contribution >= 4 is 41.1 Å². The second kappa shape index (κ2) is 2.65. The number of carbonyl (C=O) groups excluding carboxylic acids is 1. The summed E-state index contributed by atoms with van der Waals surface area (Å²) in [5.41, 5.74) is -1.03. The van der Waals surface area contributed by atoms with Gasteiger partial charge in [0, 0.05) is 0 Å². The van der Waals surface area contributed by atoms with E-state index in [1.54, 1.807) is 6.29 Å². The molecule has 0 amide bonds. The van der Waals surface area contributed by atoms with Crippen LogP contribution < -0.4 is 0 Å². The Labute approximate surface area is 69.3 Å². The molecule has 0 saturated carbocycles. The summed E-state index contributed by atoms with van der Waals surface area (Å²) in [6, 6.07) is 0. The Morgan fingerprint density at radius 3 is 1.56 bits per heavy atom. The lowest BCUT2D eigenvalue weighted by atomic mass is 9.99. The van der Waals surface area contributed by atoms with Gasteiger partial charge in [0.25, 0.3) is 0 Å². The Hall–Kier alpha value is 0.540. The van der Waals surface area contributed by atoms with E-state index in [0.717, 1.165) is 0 Å². The number of hydrogen-bond donors (Lipinski definition) is 0. The third-order valence-corrected chi connectivity index (χ3v) is 2.38. The molecular formula is C5H6Cl3O. The molecule has 0 aromatic carbocycles. The highest BCUT2D eigenvalue weighted by Gasteiger charge is 2.41. The molecule has 0 aromatic heterocycles. The lowest BCUT2D eigenvalue weighted by molar-refractivity contribution is 0.456. The maximum atomic E-state index is 10.1. The molecule has 1 nitrogen and oxygen atoms in total. The van der Waals surface area contributed by atoms with E-state index < -0.39 is 9.21 Å². The van der Waals surface area contributed by atoms with Crippen molar-refractivity contribution in [3.8, 4) is 0 Å². The van der Waals surface area contributed by atoms with Gasteiger partial charge < -0.3 is 0 Å². The number of hydrogen-bond acceptors (Lipinski definition) is 1. The van der Waals surface area contributed by atoms with Crippen LogP contribution in [0.3, 0.4) is 0 Å². The van der Waals surface area contributed by atoms with E-state index in [9.17, 15) is 4.79 Å². The topological polar surface area (TPSA) is 17.1 Å². The molecule has 0 fully saturated rings. The van der Waals surface area contributed by atoms with E-state index in [0.29, 0.717) is 0 Å². The molecule has 0 spiro atoms. The summed E-state index contributed by atoms with van der Waals surface area (Å²) in [4.78, 5) is 10.1. The maximum absolute atomic E-state index is 10.1. The van der Waals surface area contributed by atoms with Gasteiger partial charge in [-0.25, -0.2) is 0 Å². The summed E-state index contributed by atoms with van der Waals surface area (Å²) in [7, 11) is 0. The molecule has 4 heteroatoms. The first-order valence-electron chi connectivity index (χ1n) is 2.27. The molecule has 9 heavy (non-hydrogen) atoms. The van der Waals surface area contributed by atoms with E-state index in [2.05, 4.69) is 0 Å². The van der Waals surface area contributed by atoms with Gasteiger partial charge in [0.15, 0.2) is 0 Å². The first-order valence-corrected chi connectivity index (χ1v) is 3.40. The fourth-order valence-corrected chi connectivity index (χ4v) is 0.174. The smallest absolute Gasteiger partial charge is 0.208 e. The lowest BCUT2D eigenvalue weighted by Gasteiger charge is -2.24. The molecule has 0 aromatic rings. The van der Waals surface area contributed by atoms with E-state index >= 15 is 0 Å². The van der Waals surface area contributed by atoms with Crippen molar-refractivity contribution in [3.63, 3.8) is 0 Å². The van der Waals surface area contributed by atoms with Gasteiger partial charge >= 0.3 is 0 Å². The average molecular weight is 188 g/mol. The standard InChI is InChI=1S/C5H6Cl3O/c1-4(2,3-9)5(6,7)8/h1-2H3. The van der Waals surface area contributed by atoms with E-state index in [1.807, 2.05) is 0 Å². The van der Waals surface area contributed by atoms with Gasteiger partial charge in [0.1, 0.15) is 0 Å². The van der Waals surface area contributed by atoms with Gasteiger partial charge in [-0.1, -0.05) is 34.8 Å². The zero-order valence-electron chi connectivity index (χ0n) is 5.04. The number of alkyl halides is 3. The van der Waals surface area contributed by atoms with Crippen LogP contribution in [0.4, 0.5) is 0 Å². The lowest BCUT2D eigenvalue weighted by Crippen LogP contribution is -2.30. The van der Waals surface area contributed by atoms with Gasteiger partial charge in [0.2, 0.25) is 10.1 Å². The largest absolute Gasteiger partial charge is 0.290 e. The first kappa shape index (κ1) is 9.54. The minimum Gasteiger partial charge on any atom is -0.290 e. The van der Waals surface area contributed by atoms with Crippen molar-refractivity contribution in [3.05, 3.63) is 0 Å². The Kier molecular flexibility index (Phi) is 2.81. The van der Waals surface area contributed by atoms with Crippen LogP contribution in [0.1, 0.15) is 13.8 Å².